The third kappa shape index (κ3) is 9.86. The van der Waals surface area contributed by atoms with Crippen LogP contribution in [0.4, 0.5) is 13.2 Å². The highest BCUT2D eigenvalue weighted by Gasteiger charge is 2.28. The summed E-state index contributed by atoms with van der Waals surface area (Å²) in [5.74, 6) is -4.23. The number of aromatic nitrogens is 2. The number of carbonyl (C=O) groups is 3. The van der Waals surface area contributed by atoms with Gasteiger partial charge in [0.1, 0.15) is 18.6 Å². The van der Waals surface area contributed by atoms with Crippen LogP contribution in [0.3, 0.4) is 0 Å². The van der Waals surface area contributed by atoms with E-state index >= 15 is 0 Å². The first-order valence-electron chi connectivity index (χ1n) is 6.74. The monoisotopic (exact) mass is 367 g/mol. The van der Waals surface area contributed by atoms with Gasteiger partial charge in [-0.1, -0.05) is 4.68 Å². The van der Waals surface area contributed by atoms with Crippen molar-refractivity contribution in [2.24, 2.45) is 0 Å². The molecule has 0 radical (unpaired) electrons. The first kappa shape index (κ1) is 22.2. The van der Waals surface area contributed by atoms with E-state index in [9.17, 15) is 22.8 Å². The summed E-state index contributed by atoms with van der Waals surface area (Å²) in [6.45, 7) is 1.80. The van der Waals surface area contributed by atoms with E-state index in [2.05, 4.69) is 10.4 Å². The first-order valence-corrected chi connectivity index (χ1v) is 6.74. The fourth-order valence-corrected chi connectivity index (χ4v) is 1.21. The molecule has 1 unspecified atom stereocenters. The second kappa shape index (κ2) is 10.2. The van der Waals surface area contributed by atoms with Crippen molar-refractivity contribution >= 4 is 17.8 Å². The zero-order valence-corrected chi connectivity index (χ0v) is 13.0. The predicted octanol–water partition coefficient (Wildman–Crippen LogP) is -1.75. The Balaban J connectivity index is 0.000000697. The number of carboxylic acids is 2. The number of amides is 1. The number of aryl methyl sites for hydroxylation is 1. The molecule has 3 N–H and O–H groups in total. The molecule has 25 heavy (non-hydrogen) atoms. The van der Waals surface area contributed by atoms with Crippen LogP contribution in [0.1, 0.15) is 23.7 Å². The minimum Gasteiger partial charge on any atom is -0.542 e. The predicted molar refractivity (Wildman–Crippen MR) is 71.8 cm³/mol. The van der Waals surface area contributed by atoms with Crippen molar-refractivity contribution in [3.05, 3.63) is 24.0 Å². The van der Waals surface area contributed by atoms with Crippen LogP contribution in [0.2, 0.25) is 0 Å². The first-order chi connectivity index (χ1) is 11.5. The lowest BCUT2D eigenvalue weighted by atomic mass is 10.2. The van der Waals surface area contributed by atoms with Crippen LogP contribution in [-0.4, -0.2) is 52.0 Å². The number of aliphatic carboxylic acids is 2. The third-order valence-electron chi connectivity index (χ3n) is 2.47. The fourth-order valence-electron chi connectivity index (χ4n) is 1.21. The van der Waals surface area contributed by atoms with Gasteiger partial charge in [-0.05, 0) is 12.0 Å². The molecule has 0 bridgehead atoms. The summed E-state index contributed by atoms with van der Waals surface area (Å²) in [5.41, 5.74) is 0.363. The smallest absolute Gasteiger partial charge is 0.430 e. The molecule has 0 spiro atoms. The number of nitrogens with zero attached hydrogens (tertiary/aromatic N) is 2. The topological polar surface area (TPSA) is 144 Å². The van der Waals surface area contributed by atoms with Gasteiger partial charge in [-0.25, -0.2) is 0 Å². The lowest BCUT2D eigenvalue weighted by Gasteiger charge is -2.09. The SMILES string of the molecule is CC(CO)NC(=O)c1cc[n+](CCC(=O)O)nc1.O=C([O-])C(F)(F)F. The standard InChI is InChI=1S/C11H15N3O4.C2HF3O2/c1-8(7-15)13-11(18)9-2-4-14(12-6-9)5-3-10(16)17;3-2(4,5)1(6)7/h2,4,6,8,15H,3,5,7H2,1H3,(H-,13,16,17,18);(H,6,7). The van der Waals surface area contributed by atoms with Crippen LogP contribution in [0, 0.1) is 0 Å². The van der Waals surface area contributed by atoms with Crippen molar-refractivity contribution < 1.29 is 47.6 Å². The Hall–Kier alpha value is -2.76. The van der Waals surface area contributed by atoms with E-state index in [4.69, 9.17) is 20.1 Å². The van der Waals surface area contributed by atoms with Crippen LogP contribution in [0.15, 0.2) is 18.5 Å². The number of carboxylic acid groups (broad SMARTS) is 2. The molecule has 0 fully saturated rings. The number of halogens is 3. The van der Waals surface area contributed by atoms with Crippen LogP contribution in [0.5, 0.6) is 0 Å². The summed E-state index contributed by atoms with van der Waals surface area (Å²) in [5, 5.41) is 32.6. The molecular weight excluding hydrogens is 351 g/mol. The summed E-state index contributed by atoms with van der Waals surface area (Å²) in [6, 6.07) is 1.23. The van der Waals surface area contributed by atoms with Gasteiger partial charge in [-0.3, -0.25) is 9.59 Å². The number of aliphatic hydroxyl groups is 1. The highest BCUT2D eigenvalue weighted by Crippen LogP contribution is 2.11. The largest absolute Gasteiger partial charge is 0.542 e. The van der Waals surface area contributed by atoms with E-state index in [1.165, 1.54) is 10.9 Å². The molecule has 0 aliphatic heterocycles. The van der Waals surface area contributed by atoms with Crippen molar-refractivity contribution in [2.75, 3.05) is 6.61 Å². The molecule has 1 amide bonds. The minimum atomic E-state index is -5.19. The van der Waals surface area contributed by atoms with Gasteiger partial charge < -0.3 is 25.4 Å². The number of carbonyl (C=O) groups excluding carboxylic acids is 2. The number of aliphatic hydroxyl groups excluding tert-OH is 1. The summed E-state index contributed by atoms with van der Waals surface area (Å²) < 4.78 is 33.0. The van der Waals surface area contributed by atoms with Crippen molar-refractivity contribution in [1.29, 1.82) is 0 Å². The van der Waals surface area contributed by atoms with Gasteiger partial charge in [0, 0.05) is 12.1 Å². The Labute approximate surface area is 139 Å². The highest BCUT2D eigenvalue weighted by molar-refractivity contribution is 5.93. The Kier molecular flexibility index (Phi) is 9.05. The molecule has 9 nitrogen and oxygen atoms in total. The Morgan fingerprint density at radius 1 is 1.40 bits per heavy atom. The molecular formula is C13H16F3N3O6. The molecule has 0 aliphatic rings. The van der Waals surface area contributed by atoms with Crippen molar-refractivity contribution in [3.63, 3.8) is 0 Å². The maximum absolute atomic E-state index is 11.6. The molecule has 0 saturated carbocycles. The van der Waals surface area contributed by atoms with Crippen molar-refractivity contribution in [3.8, 4) is 0 Å². The molecule has 0 aromatic carbocycles. The van der Waals surface area contributed by atoms with Gasteiger partial charge in [0.15, 0.2) is 12.7 Å². The molecule has 12 heteroatoms. The van der Waals surface area contributed by atoms with Gasteiger partial charge in [-0.2, -0.15) is 13.2 Å². The minimum absolute atomic E-state index is 0.0231. The molecule has 1 rings (SSSR count). The number of alkyl halides is 3. The second-order valence-corrected chi connectivity index (χ2v) is 4.66. The fraction of sp³-hybridized carbons (Fsp3) is 0.462. The zero-order valence-electron chi connectivity index (χ0n) is 13.0. The summed E-state index contributed by atoms with van der Waals surface area (Å²) >= 11 is 0. The number of hydrogen-bond acceptors (Lipinski definition) is 6. The molecule has 1 aromatic heterocycles. The summed E-state index contributed by atoms with van der Waals surface area (Å²) in [6.07, 6.45) is -2.31. The summed E-state index contributed by atoms with van der Waals surface area (Å²) in [4.78, 5) is 30.8. The molecule has 0 saturated heterocycles. The second-order valence-electron chi connectivity index (χ2n) is 4.66. The number of hydrogen-bond donors (Lipinski definition) is 3. The lowest BCUT2D eigenvalue weighted by molar-refractivity contribution is -0.753. The number of nitrogens with one attached hydrogen (secondary N) is 1. The highest BCUT2D eigenvalue weighted by atomic mass is 19.4. The lowest BCUT2D eigenvalue weighted by Crippen LogP contribution is -2.40. The molecule has 0 aliphatic carbocycles. The normalized spacial score (nSPS) is 11.7. The molecule has 1 aromatic rings. The van der Waals surface area contributed by atoms with Crippen molar-refractivity contribution in [1.82, 2.24) is 10.4 Å². The van der Waals surface area contributed by atoms with E-state index in [0.717, 1.165) is 0 Å². The van der Waals surface area contributed by atoms with Gasteiger partial charge in [0.05, 0.1) is 12.2 Å². The Morgan fingerprint density at radius 2 is 1.96 bits per heavy atom. The molecule has 140 valence electrons. The quantitative estimate of drug-likeness (QED) is 0.506. The van der Waals surface area contributed by atoms with Crippen molar-refractivity contribution in [2.45, 2.75) is 32.1 Å². The van der Waals surface area contributed by atoms with Crippen LogP contribution in [0.25, 0.3) is 0 Å². The zero-order chi connectivity index (χ0) is 19.6. The molecule has 1 atom stereocenters. The summed E-state index contributed by atoms with van der Waals surface area (Å²) in [7, 11) is 0. The van der Waals surface area contributed by atoms with Crippen LogP contribution >= 0.6 is 0 Å². The maximum Gasteiger partial charge on any atom is 0.430 e. The van der Waals surface area contributed by atoms with Crippen LogP contribution in [-0.2, 0) is 16.1 Å². The van der Waals surface area contributed by atoms with Crippen LogP contribution < -0.4 is 15.1 Å². The van der Waals surface area contributed by atoms with E-state index in [1.807, 2.05) is 0 Å². The van der Waals surface area contributed by atoms with E-state index in [1.54, 1.807) is 19.2 Å². The van der Waals surface area contributed by atoms with E-state index < -0.39 is 18.1 Å². The van der Waals surface area contributed by atoms with Gasteiger partial charge in [-0.15, -0.1) is 0 Å². The third-order valence-corrected chi connectivity index (χ3v) is 2.47. The average Bonchev–Trinajstić information content (AvgIpc) is 2.52. The Morgan fingerprint density at radius 3 is 2.32 bits per heavy atom. The molecule has 1 heterocycles. The number of rotatable bonds is 6. The van der Waals surface area contributed by atoms with Gasteiger partial charge in [0.2, 0.25) is 0 Å². The van der Waals surface area contributed by atoms with E-state index in [-0.39, 0.29) is 31.5 Å². The average molecular weight is 367 g/mol. The maximum atomic E-state index is 11.6. The van der Waals surface area contributed by atoms with E-state index in [0.29, 0.717) is 5.56 Å². The van der Waals surface area contributed by atoms with Gasteiger partial charge in [0.25, 0.3) is 5.91 Å². The van der Waals surface area contributed by atoms with Gasteiger partial charge >= 0.3 is 12.1 Å². The Bertz CT molecular complexity index is 592.